The molecule has 0 amide bonds. The van der Waals surface area contributed by atoms with E-state index in [1.54, 1.807) is 6.92 Å². The van der Waals surface area contributed by atoms with Crippen LogP contribution in [0.15, 0.2) is 72.8 Å². The minimum atomic E-state index is -0.900. The second-order valence-corrected chi connectivity index (χ2v) is 6.71. The molecule has 0 spiro atoms. The van der Waals surface area contributed by atoms with Crippen LogP contribution in [0.25, 0.3) is 0 Å². The summed E-state index contributed by atoms with van der Waals surface area (Å²) in [6, 6.07) is 20.9. The van der Waals surface area contributed by atoms with Gasteiger partial charge in [-0.3, -0.25) is 0 Å². The fourth-order valence-corrected chi connectivity index (χ4v) is 2.05. The van der Waals surface area contributed by atoms with E-state index >= 15 is 0 Å². The molecule has 0 radical (unpaired) electrons. The molecule has 0 fully saturated rings. The van der Waals surface area contributed by atoms with Crippen molar-refractivity contribution in [3.63, 3.8) is 0 Å². The number of nitrogens with zero attached hydrogens (tertiary/aromatic N) is 2. The standard InChI is InChI=1S/2C9H13N.C5H8O2.ClH/c2*1-10(2)8-9-6-4-3-5-7-9;1-3-4(2)5(6)7;/h2*3-7H,8H2,1-2H3;2-3H2,1H3,(H,6,7);1H. The van der Waals surface area contributed by atoms with Gasteiger partial charge in [0.2, 0.25) is 0 Å². The van der Waals surface area contributed by atoms with Crippen LogP contribution in [-0.2, 0) is 17.9 Å². The van der Waals surface area contributed by atoms with Gasteiger partial charge in [0, 0.05) is 18.7 Å². The summed E-state index contributed by atoms with van der Waals surface area (Å²) in [4.78, 5) is 14.2. The van der Waals surface area contributed by atoms with Gasteiger partial charge in [0.25, 0.3) is 0 Å². The Kier molecular flexibility index (Phi) is 17.0. The molecule has 4 nitrogen and oxygen atoms in total. The molecule has 0 aromatic heterocycles. The van der Waals surface area contributed by atoms with E-state index in [1.165, 1.54) is 11.1 Å². The Labute approximate surface area is 176 Å². The molecule has 5 heteroatoms. The maximum absolute atomic E-state index is 9.83. The molecule has 156 valence electrons. The van der Waals surface area contributed by atoms with Crippen LogP contribution in [0, 0.1) is 0 Å². The van der Waals surface area contributed by atoms with Gasteiger partial charge in [-0.25, -0.2) is 4.79 Å². The van der Waals surface area contributed by atoms with Crippen LogP contribution in [-0.4, -0.2) is 49.1 Å². The highest BCUT2D eigenvalue weighted by Gasteiger charge is 1.96. The molecule has 0 aliphatic heterocycles. The van der Waals surface area contributed by atoms with Crippen LogP contribution < -0.4 is 0 Å². The average Bonchev–Trinajstić information content (AvgIpc) is 2.62. The smallest absolute Gasteiger partial charge is 0.330 e. The summed E-state index contributed by atoms with van der Waals surface area (Å²) in [6.45, 7) is 7.09. The van der Waals surface area contributed by atoms with E-state index in [1.807, 2.05) is 12.1 Å². The van der Waals surface area contributed by atoms with Crippen molar-refractivity contribution in [3.05, 3.63) is 83.9 Å². The van der Waals surface area contributed by atoms with E-state index in [0.29, 0.717) is 6.42 Å². The Balaban J connectivity index is 0. The van der Waals surface area contributed by atoms with Crippen LogP contribution in [0.1, 0.15) is 24.5 Å². The predicted octanol–water partition coefficient (Wildman–Crippen LogP) is 4.96. The lowest BCUT2D eigenvalue weighted by atomic mass is 10.2. The molecule has 0 aliphatic carbocycles. The second-order valence-electron chi connectivity index (χ2n) is 6.71. The first kappa shape index (κ1) is 28.1. The van der Waals surface area contributed by atoms with E-state index in [-0.39, 0.29) is 18.0 Å². The monoisotopic (exact) mass is 406 g/mol. The van der Waals surface area contributed by atoms with Crippen molar-refractivity contribution in [1.29, 1.82) is 0 Å². The Morgan fingerprint density at radius 2 is 1.14 bits per heavy atom. The minimum Gasteiger partial charge on any atom is -0.478 e. The fraction of sp³-hybridized carbons (Fsp3) is 0.348. The van der Waals surface area contributed by atoms with Crippen LogP contribution in [0.5, 0.6) is 0 Å². The molecular formula is C23H35ClN2O2. The first-order valence-corrected chi connectivity index (χ1v) is 9.04. The third-order valence-electron chi connectivity index (χ3n) is 3.41. The molecule has 0 saturated heterocycles. The molecule has 2 rings (SSSR count). The highest BCUT2D eigenvalue weighted by Crippen LogP contribution is 2.00. The first-order valence-electron chi connectivity index (χ1n) is 9.04. The van der Waals surface area contributed by atoms with E-state index in [0.717, 1.165) is 13.1 Å². The van der Waals surface area contributed by atoms with Crippen molar-refractivity contribution in [3.8, 4) is 0 Å². The predicted molar refractivity (Wildman–Crippen MR) is 122 cm³/mol. The lowest BCUT2D eigenvalue weighted by molar-refractivity contribution is -0.132. The van der Waals surface area contributed by atoms with E-state index in [9.17, 15) is 4.79 Å². The number of carbonyl (C=O) groups is 1. The lowest BCUT2D eigenvalue weighted by Gasteiger charge is -2.08. The van der Waals surface area contributed by atoms with E-state index < -0.39 is 5.97 Å². The number of aliphatic carboxylic acids is 1. The van der Waals surface area contributed by atoms with Gasteiger partial charge in [-0.1, -0.05) is 74.2 Å². The minimum absolute atomic E-state index is 0. The van der Waals surface area contributed by atoms with Crippen molar-refractivity contribution < 1.29 is 9.90 Å². The van der Waals surface area contributed by atoms with Crippen molar-refractivity contribution >= 4 is 18.4 Å². The highest BCUT2D eigenvalue weighted by molar-refractivity contribution is 5.85. The van der Waals surface area contributed by atoms with Gasteiger partial charge in [-0.2, -0.15) is 0 Å². The number of halogens is 1. The van der Waals surface area contributed by atoms with Gasteiger partial charge in [0.1, 0.15) is 0 Å². The number of hydrogen-bond acceptors (Lipinski definition) is 3. The van der Waals surface area contributed by atoms with Gasteiger partial charge in [-0.15, -0.1) is 12.4 Å². The number of hydrogen-bond donors (Lipinski definition) is 1. The van der Waals surface area contributed by atoms with Crippen molar-refractivity contribution in [2.75, 3.05) is 28.2 Å². The molecule has 2 aromatic rings. The quantitative estimate of drug-likeness (QED) is 0.689. The normalized spacial score (nSPS) is 9.39. The van der Waals surface area contributed by atoms with Gasteiger partial charge in [-0.05, 0) is 45.7 Å². The Hall–Kier alpha value is -2.14. The van der Waals surface area contributed by atoms with Crippen LogP contribution in [0.2, 0.25) is 0 Å². The molecule has 28 heavy (non-hydrogen) atoms. The average molecular weight is 407 g/mol. The van der Waals surface area contributed by atoms with Gasteiger partial charge in [0.15, 0.2) is 0 Å². The summed E-state index contributed by atoms with van der Waals surface area (Å²) in [5.74, 6) is -0.900. The zero-order valence-corrected chi connectivity index (χ0v) is 18.6. The number of rotatable bonds is 6. The SMILES string of the molecule is C=C(CC)C(=O)O.CN(C)Cc1ccccc1.CN(C)Cc1ccccc1.Cl. The Morgan fingerprint density at radius 1 is 0.821 bits per heavy atom. The summed E-state index contributed by atoms with van der Waals surface area (Å²) in [5.41, 5.74) is 3.00. The van der Waals surface area contributed by atoms with Crippen LogP contribution >= 0.6 is 12.4 Å². The molecule has 0 unspecified atom stereocenters. The first-order chi connectivity index (χ1) is 12.8. The third-order valence-corrected chi connectivity index (χ3v) is 3.41. The second kappa shape index (κ2) is 17.0. The number of carboxylic acids is 1. The third kappa shape index (κ3) is 16.1. The van der Waals surface area contributed by atoms with Gasteiger partial charge in [0.05, 0.1) is 0 Å². The molecule has 0 saturated carbocycles. The van der Waals surface area contributed by atoms with Gasteiger partial charge >= 0.3 is 5.97 Å². The maximum atomic E-state index is 9.83. The largest absolute Gasteiger partial charge is 0.478 e. The molecule has 0 atom stereocenters. The van der Waals surface area contributed by atoms with E-state index in [4.69, 9.17) is 5.11 Å². The molecule has 0 aliphatic rings. The van der Waals surface area contributed by atoms with Crippen LogP contribution in [0.3, 0.4) is 0 Å². The zero-order valence-electron chi connectivity index (χ0n) is 17.8. The zero-order chi connectivity index (χ0) is 20.7. The maximum Gasteiger partial charge on any atom is 0.330 e. The van der Waals surface area contributed by atoms with E-state index in [2.05, 4.69) is 93.1 Å². The number of carboxylic acid groups (broad SMARTS) is 1. The molecule has 0 heterocycles. The van der Waals surface area contributed by atoms with Crippen LogP contribution in [0.4, 0.5) is 0 Å². The Morgan fingerprint density at radius 3 is 1.32 bits per heavy atom. The van der Waals surface area contributed by atoms with Crippen molar-refractivity contribution in [1.82, 2.24) is 9.80 Å². The molecule has 1 N–H and O–H groups in total. The Bertz CT molecular complexity index is 599. The molecule has 0 bridgehead atoms. The summed E-state index contributed by atoms with van der Waals surface area (Å²) >= 11 is 0. The fourth-order valence-electron chi connectivity index (χ4n) is 2.05. The topological polar surface area (TPSA) is 43.8 Å². The molecule has 2 aromatic carbocycles. The number of benzene rings is 2. The summed E-state index contributed by atoms with van der Waals surface area (Å²) in [6.07, 6.45) is 0.523. The summed E-state index contributed by atoms with van der Waals surface area (Å²) < 4.78 is 0. The summed E-state index contributed by atoms with van der Waals surface area (Å²) in [5, 5.41) is 8.08. The lowest BCUT2D eigenvalue weighted by Crippen LogP contribution is -2.10. The van der Waals surface area contributed by atoms with Crippen molar-refractivity contribution in [2.24, 2.45) is 0 Å². The van der Waals surface area contributed by atoms with Gasteiger partial charge < -0.3 is 14.9 Å². The van der Waals surface area contributed by atoms with Crippen molar-refractivity contribution in [2.45, 2.75) is 26.4 Å². The molecular weight excluding hydrogens is 372 g/mol. The summed E-state index contributed by atoms with van der Waals surface area (Å²) in [7, 11) is 8.31. The highest BCUT2D eigenvalue weighted by atomic mass is 35.5.